The van der Waals surface area contributed by atoms with E-state index in [0.717, 1.165) is 28.2 Å². The molecule has 3 aromatic carbocycles. The van der Waals surface area contributed by atoms with E-state index in [4.69, 9.17) is 24.7 Å². The maximum atomic E-state index is 12.4. The quantitative estimate of drug-likeness (QED) is 0.317. The van der Waals surface area contributed by atoms with Crippen LogP contribution in [0.5, 0.6) is 11.5 Å². The van der Waals surface area contributed by atoms with E-state index in [-0.39, 0.29) is 18.8 Å². The van der Waals surface area contributed by atoms with E-state index in [0.29, 0.717) is 0 Å². The van der Waals surface area contributed by atoms with Gasteiger partial charge in [-0.3, -0.25) is 4.57 Å². The molecule has 1 fully saturated rings. The minimum atomic E-state index is -1.05. The van der Waals surface area contributed by atoms with Crippen LogP contribution in [-0.4, -0.2) is 47.7 Å². The molecule has 9 nitrogen and oxygen atoms in total. The van der Waals surface area contributed by atoms with Crippen LogP contribution in [0.1, 0.15) is 29.3 Å². The van der Waals surface area contributed by atoms with Gasteiger partial charge in [0.05, 0.1) is 26.9 Å². The molecular formula is C30H31N3O6. The number of nitrogen functional groups attached to an aromatic ring is 1. The third kappa shape index (κ3) is 5.24. The van der Waals surface area contributed by atoms with Gasteiger partial charge in [-0.25, -0.2) is 4.79 Å². The van der Waals surface area contributed by atoms with Crippen LogP contribution < -0.4 is 20.9 Å². The molecule has 202 valence electrons. The van der Waals surface area contributed by atoms with Gasteiger partial charge in [-0.2, -0.15) is 4.98 Å². The van der Waals surface area contributed by atoms with Gasteiger partial charge < -0.3 is 29.8 Å². The Hall–Kier alpha value is -4.18. The number of ether oxygens (including phenoxy) is 4. The Kier molecular flexibility index (Phi) is 7.65. The van der Waals surface area contributed by atoms with Gasteiger partial charge in [0, 0.05) is 12.6 Å². The topological polar surface area (TPSA) is 118 Å². The second-order valence-corrected chi connectivity index (χ2v) is 9.29. The predicted octanol–water partition coefficient (Wildman–Crippen LogP) is 3.50. The molecule has 0 radical (unpaired) electrons. The monoisotopic (exact) mass is 529 g/mol. The van der Waals surface area contributed by atoms with Gasteiger partial charge in [-0.05, 0) is 47.0 Å². The number of anilines is 1. The second kappa shape index (κ2) is 11.3. The molecule has 1 aliphatic rings. The van der Waals surface area contributed by atoms with Crippen molar-refractivity contribution in [3.63, 3.8) is 0 Å². The molecule has 9 heteroatoms. The van der Waals surface area contributed by atoms with E-state index in [9.17, 15) is 9.90 Å². The molecular weight excluding hydrogens is 498 g/mol. The van der Waals surface area contributed by atoms with E-state index in [1.165, 1.54) is 16.8 Å². The third-order valence-corrected chi connectivity index (χ3v) is 7.00. The van der Waals surface area contributed by atoms with Crippen LogP contribution in [0.2, 0.25) is 0 Å². The Balaban J connectivity index is 1.53. The lowest BCUT2D eigenvalue weighted by Crippen LogP contribution is -2.38. The summed E-state index contributed by atoms with van der Waals surface area (Å²) in [7, 11) is 3.24. The van der Waals surface area contributed by atoms with Gasteiger partial charge in [0.1, 0.15) is 35.2 Å². The van der Waals surface area contributed by atoms with Gasteiger partial charge in [-0.15, -0.1) is 0 Å². The van der Waals surface area contributed by atoms with Crippen molar-refractivity contribution in [1.82, 2.24) is 9.55 Å². The molecule has 0 spiro atoms. The van der Waals surface area contributed by atoms with Gasteiger partial charge in [0.2, 0.25) is 0 Å². The minimum absolute atomic E-state index is 0.0434. The van der Waals surface area contributed by atoms with Crippen molar-refractivity contribution in [2.45, 2.75) is 30.5 Å². The van der Waals surface area contributed by atoms with Crippen molar-refractivity contribution < 1.29 is 24.1 Å². The summed E-state index contributed by atoms with van der Waals surface area (Å²) in [4.78, 5) is 16.1. The summed E-state index contributed by atoms with van der Waals surface area (Å²) in [6, 6.07) is 26.8. The molecule has 3 N–H and O–H groups in total. The molecule has 0 saturated carbocycles. The lowest BCUT2D eigenvalue weighted by atomic mass is 9.80. The fraction of sp³-hybridized carbons (Fsp3) is 0.267. The standard InChI is InChI=1S/C30H31N3O6/c1-36-23-12-8-21(9-13-23)30(20-6-4-3-5-7-20,22-10-14-24(37-2)15-11-22)38-19-26-25(34)18-28(39-26)33-17-16-27(31)32-29(33)35/h3-17,25-26,28,34H,18-19H2,1-2H3,(H2,31,32,35)/t25-,26-,28?/m1/s1. The number of nitrogens with two attached hydrogens (primary N) is 1. The first-order valence-electron chi connectivity index (χ1n) is 12.6. The number of nitrogens with zero attached hydrogens (tertiary/aromatic N) is 2. The third-order valence-electron chi connectivity index (χ3n) is 7.00. The predicted molar refractivity (Wildman–Crippen MR) is 146 cm³/mol. The number of benzene rings is 3. The Morgan fingerprint density at radius 2 is 1.49 bits per heavy atom. The summed E-state index contributed by atoms with van der Waals surface area (Å²) in [6.07, 6.45) is -0.516. The molecule has 2 heterocycles. The van der Waals surface area contributed by atoms with Gasteiger partial charge in [-0.1, -0.05) is 54.6 Å². The molecule has 0 aliphatic carbocycles. The van der Waals surface area contributed by atoms with Crippen LogP contribution >= 0.6 is 0 Å². The largest absolute Gasteiger partial charge is 0.497 e. The lowest BCUT2D eigenvalue weighted by Gasteiger charge is -2.37. The molecule has 1 unspecified atom stereocenters. The van der Waals surface area contributed by atoms with Gasteiger partial charge in [0.15, 0.2) is 0 Å². The SMILES string of the molecule is COc1ccc(C(OC[C@H]2OC(n3ccc(N)nc3=O)C[C@H]2O)(c2ccccc2)c2ccc(OC)cc2)cc1. The fourth-order valence-corrected chi connectivity index (χ4v) is 4.96. The highest BCUT2D eigenvalue weighted by Gasteiger charge is 2.42. The van der Waals surface area contributed by atoms with Crippen molar-refractivity contribution >= 4 is 5.82 Å². The highest BCUT2D eigenvalue weighted by Crippen LogP contribution is 2.42. The van der Waals surface area contributed by atoms with Crippen molar-refractivity contribution in [3.8, 4) is 11.5 Å². The Labute approximate surface area is 226 Å². The minimum Gasteiger partial charge on any atom is -0.497 e. The first kappa shape index (κ1) is 26.4. The van der Waals surface area contributed by atoms with Gasteiger partial charge in [0.25, 0.3) is 0 Å². The first-order valence-corrected chi connectivity index (χ1v) is 12.6. The van der Waals surface area contributed by atoms with Crippen molar-refractivity contribution in [2.24, 2.45) is 0 Å². The van der Waals surface area contributed by atoms with E-state index < -0.39 is 29.7 Å². The molecule has 4 aromatic rings. The molecule has 3 atom stereocenters. The first-order chi connectivity index (χ1) is 18.9. The molecule has 5 rings (SSSR count). The van der Waals surface area contributed by atoms with Crippen molar-refractivity contribution in [1.29, 1.82) is 0 Å². The lowest BCUT2D eigenvalue weighted by molar-refractivity contribution is -0.0944. The van der Waals surface area contributed by atoms with Crippen LogP contribution in [0.25, 0.3) is 0 Å². The number of hydrogen-bond donors (Lipinski definition) is 2. The van der Waals surface area contributed by atoms with Crippen LogP contribution in [0, 0.1) is 0 Å². The normalized spacial score (nSPS) is 19.1. The molecule has 0 amide bonds. The van der Waals surface area contributed by atoms with Crippen LogP contribution in [0.3, 0.4) is 0 Å². The number of methoxy groups -OCH3 is 2. The summed E-state index contributed by atoms with van der Waals surface area (Å²) in [6.45, 7) is 0.0434. The summed E-state index contributed by atoms with van der Waals surface area (Å²) in [5.41, 5.74) is 6.65. The molecule has 1 aromatic heterocycles. The summed E-state index contributed by atoms with van der Waals surface area (Å²) in [5.74, 6) is 1.56. The molecule has 1 saturated heterocycles. The van der Waals surface area contributed by atoms with E-state index in [2.05, 4.69) is 4.98 Å². The summed E-state index contributed by atoms with van der Waals surface area (Å²) < 4.78 is 25.1. The number of hydrogen-bond acceptors (Lipinski definition) is 8. The highest BCUT2D eigenvalue weighted by atomic mass is 16.6. The molecule has 1 aliphatic heterocycles. The second-order valence-electron chi connectivity index (χ2n) is 9.29. The number of aliphatic hydroxyl groups excluding tert-OH is 1. The van der Waals surface area contributed by atoms with E-state index in [1.807, 2.05) is 78.9 Å². The van der Waals surface area contributed by atoms with Crippen molar-refractivity contribution in [2.75, 3.05) is 26.6 Å². The zero-order valence-electron chi connectivity index (χ0n) is 21.8. The van der Waals surface area contributed by atoms with Crippen molar-refractivity contribution in [3.05, 3.63) is 118 Å². The highest BCUT2D eigenvalue weighted by molar-refractivity contribution is 5.49. The van der Waals surface area contributed by atoms with Gasteiger partial charge >= 0.3 is 5.69 Å². The summed E-state index contributed by atoms with van der Waals surface area (Å²) in [5, 5.41) is 10.9. The number of aromatic nitrogens is 2. The van der Waals surface area contributed by atoms with Crippen LogP contribution in [0.4, 0.5) is 5.82 Å². The fourth-order valence-electron chi connectivity index (χ4n) is 4.96. The van der Waals surface area contributed by atoms with Crippen LogP contribution in [-0.2, 0) is 15.1 Å². The zero-order valence-corrected chi connectivity index (χ0v) is 21.8. The smallest absolute Gasteiger partial charge is 0.351 e. The van der Waals surface area contributed by atoms with E-state index >= 15 is 0 Å². The van der Waals surface area contributed by atoms with Crippen LogP contribution in [0.15, 0.2) is 95.9 Å². The maximum Gasteiger partial charge on any atom is 0.351 e. The Bertz CT molecular complexity index is 1390. The summed E-state index contributed by atoms with van der Waals surface area (Å²) >= 11 is 0. The molecule has 0 bridgehead atoms. The Morgan fingerprint density at radius 1 is 0.923 bits per heavy atom. The zero-order chi connectivity index (χ0) is 27.4. The maximum absolute atomic E-state index is 12.4. The number of rotatable bonds is 9. The average Bonchev–Trinajstić information content (AvgIpc) is 3.34. The van der Waals surface area contributed by atoms with E-state index in [1.54, 1.807) is 14.2 Å². The Morgan fingerprint density at radius 3 is 2.03 bits per heavy atom. The molecule has 39 heavy (non-hydrogen) atoms. The number of aliphatic hydroxyl groups is 1. The average molecular weight is 530 g/mol.